The highest BCUT2D eigenvalue weighted by molar-refractivity contribution is 8.28. The molecule has 88 valence electrons. The zero-order chi connectivity index (χ0) is 12.0. The van der Waals surface area contributed by atoms with E-state index >= 15 is 0 Å². The Hall–Kier alpha value is -0.543. The van der Waals surface area contributed by atoms with E-state index in [9.17, 15) is 0 Å². The van der Waals surface area contributed by atoms with Gasteiger partial charge in [0.15, 0.2) is 0 Å². The molecule has 0 aliphatic rings. The van der Waals surface area contributed by atoms with Crippen LogP contribution in [0.3, 0.4) is 0 Å². The van der Waals surface area contributed by atoms with Crippen LogP contribution in [0.15, 0.2) is 34.2 Å². The van der Waals surface area contributed by atoms with Gasteiger partial charge in [0, 0.05) is 11.1 Å². The van der Waals surface area contributed by atoms with Gasteiger partial charge in [0.2, 0.25) is 0 Å². The van der Waals surface area contributed by atoms with Crippen LogP contribution in [0.5, 0.6) is 0 Å². The highest BCUT2D eigenvalue weighted by atomic mass is 32.4. The minimum atomic E-state index is -1.09. The van der Waals surface area contributed by atoms with E-state index < -0.39 is 7.22 Å². The molecule has 1 rings (SSSR count). The third-order valence-corrected chi connectivity index (χ3v) is 5.55. The summed E-state index contributed by atoms with van der Waals surface area (Å²) in [5.74, 6) is 0. The first kappa shape index (κ1) is 13.5. The summed E-state index contributed by atoms with van der Waals surface area (Å²) in [5, 5.41) is 0. The second kappa shape index (κ2) is 6.26. The van der Waals surface area contributed by atoms with Crippen molar-refractivity contribution in [3.8, 4) is 0 Å². The highest BCUT2D eigenvalue weighted by Crippen LogP contribution is 2.30. The molecule has 0 unspecified atom stereocenters. The van der Waals surface area contributed by atoms with Crippen molar-refractivity contribution >= 4 is 30.3 Å². The molecule has 0 N–H and O–H groups in total. The molecule has 0 radical (unpaired) electrons. The molecule has 1 aromatic rings. The van der Waals surface area contributed by atoms with Gasteiger partial charge in [-0.25, -0.2) is 0 Å². The third-order valence-electron chi connectivity index (χ3n) is 1.90. The maximum atomic E-state index is 4.46. The summed E-state index contributed by atoms with van der Waals surface area (Å²) in [6.07, 6.45) is 4.23. The Labute approximate surface area is 104 Å². The molecule has 0 bridgehead atoms. The van der Waals surface area contributed by atoms with Gasteiger partial charge in [-0.05, 0) is 24.6 Å². The summed E-state index contributed by atoms with van der Waals surface area (Å²) in [6, 6.07) is 8.54. The number of nitrogens with zero attached hydrogens (tertiary/aromatic N) is 1. The molecule has 0 fully saturated rings. The van der Waals surface area contributed by atoms with Crippen LogP contribution in [-0.4, -0.2) is 13.4 Å². The minimum Gasteiger partial charge on any atom is -0.261 e. The Balaban J connectivity index is 2.71. The molecule has 0 saturated heterocycles. The smallest absolute Gasteiger partial charge is 0.114 e. The van der Waals surface area contributed by atoms with Gasteiger partial charge in [-0.1, -0.05) is 39.1 Å². The van der Waals surface area contributed by atoms with Crippen molar-refractivity contribution in [1.82, 2.24) is 0 Å². The van der Waals surface area contributed by atoms with Crippen molar-refractivity contribution in [1.29, 1.82) is 0 Å². The maximum Gasteiger partial charge on any atom is 0.114 e. The maximum absolute atomic E-state index is 4.46. The molecule has 0 saturated carbocycles. The molecule has 1 nitrogen and oxygen atoms in total. The van der Waals surface area contributed by atoms with Crippen LogP contribution >= 0.6 is 11.2 Å². The lowest BCUT2D eigenvalue weighted by molar-refractivity contribution is 1.01. The fraction of sp³-hybridized carbons (Fsp3) is 0.462. The zero-order valence-electron chi connectivity index (χ0n) is 10.7. The van der Waals surface area contributed by atoms with Crippen LogP contribution < -0.4 is 0 Å². The van der Waals surface area contributed by atoms with E-state index in [0.717, 1.165) is 18.5 Å². The van der Waals surface area contributed by atoms with Crippen LogP contribution in [0.2, 0.25) is 19.6 Å². The van der Waals surface area contributed by atoms with E-state index in [1.807, 2.05) is 17.4 Å². The Morgan fingerprint density at radius 2 is 2.06 bits per heavy atom. The van der Waals surface area contributed by atoms with Crippen molar-refractivity contribution in [2.75, 3.05) is 0 Å². The van der Waals surface area contributed by atoms with E-state index in [1.165, 1.54) is 4.90 Å². The average Bonchev–Trinajstić information content (AvgIpc) is 2.16. The van der Waals surface area contributed by atoms with Crippen molar-refractivity contribution in [2.24, 2.45) is 4.99 Å². The van der Waals surface area contributed by atoms with Crippen molar-refractivity contribution < 1.29 is 0 Å². The Morgan fingerprint density at radius 3 is 2.69 bits per heavy atom. The first-order chi connectivity index (χ1) is 7.51. The molecule has 16 heavy (non-hydrogen) atoms. The highest BCUT2D eigenvalue weighted by Gasteiger charge is 2.14. The Morgan fingerprint density at radius 1 is 1.31 bits per heavy atom. The normalized spacial score (nSPS) is 12.2. The largest absolute Gasteiger partial charge is 0.261 e. The lowest BCUT2D eigenvalue weighted by Gasteiger charge is -2.15. The van der Waals surface area contributed by atoms with Crippen LogP contribution in [0.4, 0.5) is 5.69 Å². The molecule has 0 atom stereocenters. The van der Waals surface area contributed by atoms with Crippen LogP contribution in [0.1, 0.15) is 19.8 Å². The average molecular weight is 251 g/mol. The van der Waals surface area contributed by atoms with Crippen molar-refractivity contribution in [3.63, 3.8) is 0 Å². The number of unbranched alkanes of at least 4 members (excludes halogenated alkanes) is 1. The van der Waals surface area contributed by atoms with Gasteiger partial charge in [-0.15, -0.1) is 0 Å². The molecular formula is C13H21NSSi. The lowest BCUT2D eigenvalue weighted by Crippen LogP contribution is -2.13. The number of benzene rings is 1. The summed E-state index contributed by atoms with van der Waals surface area (Å²) in [4.78, 5) is 5.82. The first-order valence-corrected chi connectivity index (χ1v) is 10.9. The summed E-state index contributed by atoms with van der Waals surface area (Å²) in [5.41, 5.74) is 1.08. The molecule has 3 heteroatoms. The molecule has 0 aliphatic heterocycles. The van der Waals surface area contributed by atoms with Crippen LogP contribution in [0.25, 0.3) is 0 Å². The van der Waals surface area contributed by atoms with Crippen LogP contribution in [0, 0.1) is 0 Å². The SMILES string of the molecule is CCC/C=N\c1cccc(S[Si](C)(C)C)c1. The minimum absolute atomic E-state index is 1.06. The van der Waals surface area contributed by atoms with E-state index in [0.29, 0.717) is 0 Å². The van der Waals surface area contributed by atoms with Gasteiger partial charge in [-0.2, -0.15) is 11.2 Å². The molecule has 0 aromatic heterocycles. The second-order valence-corrected chi connectivity index (χ2v) is 14.0. The first-order valence-electron chi connectivity index (χ1n) is 5.83. The summed E-state index contributed by atoms with van der Waals surface area (Å²) in [7, 11) is -1.09. The number of aliphatic imine (C=N–C) groups is 1. The molecule has 1 aromatic carbocycles. The van der Waals surface area contributed by atoms with E-state index in [2.05, 4.69) is 55.8 Å². The van der Waals surface area contributed by atoms with Gasteiger partial charge in [0.1, 0.15) is 7.22 Å². The number of hydrogen-bond donors (Lipinski definition) is 0. The van der Waals surface area contributed by atoms with E-state index in [-0.39, 0.29) is 0 Å². The predicted octanol–water partition coefficient (Wildman–Crippen LogP) is 5.12. The topological polar surface area (TPSA) is 12.4 Å². The molecular weight excluding hydrogens is 230 g/mol. The molecule has 0 spiro atoms. The van der Waals surface area contributed by atoms with Gasteiger partial charge >= 0.3 is 0 Å². The quantitative estimate of drug-likeness (QED) is 0.523. The zero-order valence-corrected chi connectivity index (χ0v) is 12.5. The monoisotopic (exact) mass is 251 g/mol. The third kappa shape index (κ3) is 5.52. The van der Waals surface area contributed by atoms with E-state index in [4.69, 9.17) is 0 Å². The molecule has 0 aliphatic carbocycles. The summed E-state index contributed by atoms with van der Waals surface area (Å²) in [6.45, 7) is 9.27. The Bertz CT molecular complexity index is 355. The van der Waals surface area contributed by atoms with Gasteiger partial charge in [-0.3, -0.25) is 4.99 Å². The lowest BCUT2D eigenvalue weighted by atomic mass is 10.3. The molecule has 0 amide bonds. The Kier molecular flexibility index (Phi) is 5.29. The fourth-order valence-electron chi connectivity index (χ4n) is 1.28. The second-order valence-electron chi connectivity index (χ2n) is 4.81. The summed E-state index contributed by atoms with van der Waals surface area (Å²) >= 11 is 2.02. The predicted molar refractivity (Wildman–Crippen MR) is 78.7 cm³/mol. The standard InChI is InChI=1S/C13H21NSSi/c1-5-6-10-14-12-8-7-9-13(11-12)15-16(2,3)4/h7-11H,5-6H2,1-4H3/b14-10-. The van der Waals surface area contributed by atoms with Gasteiger partial charge < -0.3 is 0 Å². The summed E-state index contributed by atoms with van der Waals surface area (Å²) < 4.78 is 0. The van der Waals surface area contributed by atoms with Crippen molar-refractivity contribution in [2.45, 2.75) is 44.3 Å². The van der Waals surface area contributed by atoms with E-state index in [1.54, 1.807) is 0 Å². The van der Waals surface area contributed by atoms with Gasteiger partial charge in [0.05, 0.1) is 5.69 Å². The number of rotatable bonds is 5. The van der Waals surface area contributed by atoms with Crippen LogP contribution in [-0.2, 0) is 0 Å². The molecule has 0 heterocycles. The number of hydrogen-bond acceptors (Lipinski definition) is 2. The van der Waals surface area contributed by atoms with Crippen molar-refractivity contribution in [3.05, 3.63) is 24.3 Å². The fourth-order valence-corrected chi connectivity index (χ4v) is 4.82. The van der Waals surface area contributed by atoms with Gasteiger partial charge in [0.25, 0.3) is 0 Å².